The van der Waals surface area contributed by atoms with Gasteiger partial charge in [-0.2, -0.15) is 0 Å². The smallest absolute Gasteiger partial charge is 0.337 e. The van der Waals surface area contributed by atoms with Crippen LogP contribution in [0.1, 0.15) is 46.9 Å². The lowest BCUT2D eigenvalue weighted by Crippen LogP contribution is -2.36. The number of amides is 1. The van der Waals surface area contributed by atoms with Crippen LogP contribution in [0.5, 0.6) is 0 Å². The summed E-state index contributed by atoms with van der Waals surface area (Å²) in [6.07, 6.45) is 0.686. The zero-order chi connectivity index (χ0) is 18.4. The Kier molecular flexibility index (Phi) is 6.56. The summed E-state index contributed by atoms with van der Waals surface area (Å²) in [7, 11) is 1.34. The number of rotatable bonds is 6. The summed E-state index contributed by atoms with van der Waals surface area (Å²) in [6.45, 7) is 1.96. The van der Waals surface area contributed by atoms with E-state index >= 15 is 0 Å². The van der Waals surface area contributed by atoms with E-state index in [0.29, 0.717) is 22.6 Å². The van der Waals surface area contributed by atoms with Crippen molar-refractivity contribution >= 4 is 23.5 Å². The van der Waals surface area contributed by atoms with Gasteiger partial charge >= 0.3 is 5.97 Å². The fourth-order valence-electron chi connectivity index (χ4n) is 2.50. The van der Waals surface area contributed by atoms with Gasteiger partial charge in [0.15, 0.2) is 0 Å². The number of ether oxygens (including phenoxy) is 1. The number of esters is 1. The predicted octanol–water partition coefficient (Wildman–Crippen LogP) is 3.39. The van der Waals surface area contributed by atoms with Crippen LogP contribution in [0.15, 0.2) is 48.5 Å². The molecule has 0 spiro atoms. The van der Waals surface area contributed by atoms with Crippen LogP contribution in [-0.2, 0) is 9.53 Å². The molecule has 2 rings (SSSR count). The van der Waals surface area contributed by atoms with Crippen molar-refractivity contribution in [3.8, 4) is 0 Å². The highest BCUT2D eigenvalue weighted by Crippen LogP contribution is 2.21. The van der Waals surface area contributed by atoms with E-state index in [2.05, 4.69) is 10.1 Å². The average Bonchev–Trinajstić information content (AvgIpc) is 2.64. The molecule has 6 heteroatoms. The van der Waals surface area contributed by atoms with E-state index in [1.54, 1.807) is 48.5 Å². The quantitative estimate of drug-likeness (QED) is 0.773. The van der Waals surface area contributed by atoms with Crippen molar-refractivity contribution in [1.29, 1.82) is 0 Å². The van der Waals surface area contributed by atoms with Crippen molar-refractivity contribution in [2.45, 2.75) is 25.4 Å². The Balaban J connectivity index is 2.10. The Morgan fingerprint density at radius 3 is 2.40 bits per heavy atom. The van der Waals surface area contributed by atoms with Gasteiger partial charge in [-0.25, -0.2) is 4.79 Å². The molecule has 0 aliphatic rings. The SMILES string of the molecule is CC[C@@H](NC(=O)C(N)c1cccc(Cl)c1)c1ccc(C(=O)OC)cc1. The fourth-order valence-corrected chi connectivity index (χ4v) is 2.70. The van der Waals surface area contributed by atoms with Gasteiger partial charge in [0, 0.05) is 5.02 Å². The second-order valence-electron chi connectivity index (χ2n) is 5.62. The topological polar surface area (TPSA) is 81.4 Å². The van der Waals surface area contributed by atoms with E-state index in [-0.39, 0.29) is 11.9 Å². The van der Waals surface area contributed by atoms with Gasteiger partial charge in [-0.15, -0.1) is 0 Å². The van der Waals surface area contributed by atoms with Crippen LogP contribution < -0.4 is 11.1 Å². The molecule has 0 aromatic heterocycles. The molecule has 2 aromatic rings. The molecule has 25 heavy (non-hydrogen) atoms. The van der Waals surface area contributed by atoms with Gasteiger partial charge in [-0.05, 0) is 41.8 Å². The Morgan fingerprint density at radius 2 is 1.84 bits per heavy atom. The van der Waals surface area contributed by atoms with Crippen molar-refractivity contribution in [2.75, 3.05) is 7.11 Å². The first-order valence-corrected chi connectivity index (χ1v) is 8.33. The summed E-state index contributed by atoms with van der Waals surface area (Å²) in [5.41, 5.74) is 8.04. The Labute approximate surface area is 152 Å². The molecule has 0 aliphatic carbocycles. The zero-order valence-corrected chi connectivity index (χ0v) is 14.9. The Bertz CT molecular complexity index is 747. The molecule has 1 amide bonds. The number of carbonyl (C=O) groups is 2. The summed E-state index contributed by atoms with van der Waals surface area (Å²) in [5, 5.41) is 3.47. The minimum atomic E-state index is -0.804. The monoisotopic (exact) mass is 360 g/mol. The molecule has 5 nitrogen and oxygen atoms in total. The third-order valence-electron chi connectivity index (χ3n) is 3.95. The summed E-state index contributed by atoms with van der Waals surface area (Å²) in [6, 6.07) is 12.9. The van der Waals surface area contributed by atoms with Crippen LogP contribution in [0.2, 0.25) is 5.02 Å². The van der Waals surface area contributed by atoms with E-state index in [0.717, 1.165) is 5.56 Å². The van der Waals surface area contributed by atoms with Crippen LogP contribution in [0, 0.1) is 0 Å². The first kappa shape index (κ1) is 19.0. The minimum Gasteiger partial charge on any atom is -0.465 e. The van der Waals surface area contributed by atoms with Crippen LogP contribution >= 0.6 is 11.6 Å². The lowest BCUT2D eigenvalue weighted by Gasteiger charge is -2.20. The molecular weight excluding hydrogens is 340 g/mol. The number of benzene rings is 2. The van der Waals surface area contributed by atoms with Gasteiger partial charge in [0.05, 0.1) is 18.7 Å². The number of hydrogen-bond acceptors (Lipinski definition) is 4. The molecule has 2 atom stereocenters. The zero-order valence-electron chi connectivity index (χ0n) is 14.2. The fraction of sp³-hybridized carbons (Fsp3) is 0.263. The van der Waals surface area contributed by atoms with E-state index in [1.165, 1.54) is 7.11 Å². The molecule has 0 fully saturated rings. The van der Waals surface area contributed by atoms with Gasteiger partial charge in [-0.3, -0.25) is 4.79 Å². The number of carbonyl (C=O) groups excluding carboxylic acids is 2. The molecule has 2 aromatic carbocycles. The predicted molar refractivity (Wildman–Crippen MR) is 97.3 cm³/mol. The third kappa shape index (κ3) is 4.81. The molecule has 3 N–H and O–H groups in total. The molecule has 0 radical (unpaired) electrons. The van der Waals surface area contributed by atoms with Crippen LogP contribution in [0.3, 0.4) is 0 Å². The lowest BCUT2D eigenvalue weighted by molar-refractivity contribution is -0.123. The summed E-state index contributed by atoms with van der Waals surface area (Å²) >= 11 is 5.95. The number of nitrogens with one attached hydrogen (secondary N) is 1. The number of nitrogens with two attached hydrogens (primary N) is 1. The van der Waals surface area contributed by atoms with Crippen LogP contribution in [0.4, 0.5) is 0 Å². The highest BCUT2D eigenvalue weighted by Gasteiger charge is 2.20. The van der Waals surface area contributed by atoms with Crippen molar-refractivity contribution in [3.63, 3.8) is 0 Å². The van der Waals surface area contributed by atoms with E-state index in [1.807, 2.05) is 6.92 Å². The number of hydrogen-bond donors (Lipinski definition) is 2. The molecule has 0 saturated heterocycles. The van der Waals surface area contributed by atoms with Crippen LogP contribution in [0.25, 0.3) is 0 Å². The third-order valence-corrected chi connectivity index (χ3v) is 4.18. The van der Waals surface area contributed by atoms with Gasteiger partial charge in [-0.1, -0.05) is 42.8 Å². The lowest BCUT2D eigenvalue weighted by atomic mass is 10.0. The first-order chi connectivity index (χ1) is 12.0. The van der Waals surface area contributed by atoms with Crippen molar-refractivity contribution in [3.05, 3.63) is 70.2 Å². The first-order valence-electron chi connectivity index (χ1n) is 7.96. The number of methoxy groups -OCH3 is 1. The van der Waals surface area contributed by atoms with E-state index in [4.69, 9.17) is 17.3 Å². The Morgan fingerprint density at radius 1 is 1.16 bits per heavy atom. The molecule has 0 saturated carbocycles. The molecule has 0 heterocycles. The minimum absolute atomic E-state index is 0.204. The van der Waals surface area contributed by atoms with Crippen LogP contribution in [-0.4, -0.2) is 19.0 Å². The molecule has 1 unspecified atom stereocenters. The van der Waals surface area contributed by atoms with Gasteiger partial charge in [0.2, 0.25) is 5.91 Å². The second-order valence-corrected chi connectivity index (χ2v) is 6.05. The van der Waals surface area contributed by atoms with E-state index in [9.17, 15) is 9.59 Å². The average molecular weight is 361 g/mol. The largest absolute Gasteiger partial charge is 0.465 e. The van der Waals surface area contributed by atoms with Gasteiger partial charge < -0.3 is 15.8 Å². The Hall–Kier alpha value is -2.37. The second kappa shape index (κ2) is 8.65. The number of halogens is 1. The normalized spacial score (nSPS) is 13.0. The standard InChI is InChI=1S/C19H21ClN2O3/c1-3-16(12-7-9-13(10-8-12)19(24)25-2)22-18(23)17(21)14-5-4-6-15(20)11-14/h4-11,16-17H,3,21H2,1-2H3,(H,22,23)/t16-,17?/m1/s1. The summed E-state index contributed by atoms with van der Waals surface area (Å²) < 4.78 is 4.68. The molecule has 0 bridgehead atoms. The summed E-state index contributed by atoms with van der Waals surface area (Å²) in [4.78, 5) is 24.0. The van der Waals surface area contributed by atoms with Crippen molar-refractivity contribution in [2.24, 2.45) is 5.73 Å². The van der Waals surface area contributed by atoms with E-state index < -0.39 is 12.0 Å². The maximum Gasteiger partial charge on any atom is 0.337 e. The van der Waals surface area contributed by atoms with Gasteiger partial charge in [0.25, 0.3) is 0 Å². The van der Waals surface area contributed by atoms with Gasteiger partial charge in [0.1, 0.15) is 6.04 Å². The molecule has 0 aliphatic heterocycles. The summed E-state index contributed by atoms with van der Waals surface area (Å²) in [5.74, 6) is -0.683. The highest BCUT2D eigenvalue weighted by atomic mass is 35.5. The maximum atomic E-state index is 12.5. The maximum absolute atomic E-state index is 12.5. The molecule has 132 valence electrons. The van der Waals surface area contributed by atoms with Crippen molar-refractivity contribution in [1.82, 2.24) is 5.32 Å². The molecular formula is C19H21ClN2O3. The highest BCUT2D eigenvalue weighted by molar-refractivity contribution is 6.30. The van der Waals surface area contributed by atoms with Crippen molar-refractivity contribution < 1.29 is 14.3 Å².